The van der Waals surface area contributed by atoms with Crippen LogP contribution in [-0.4, -0.2) is 21.2 Å². The van der Waals surface area contributed by atoms with Gasteiger partial charge in [-0.25, -0.2) is 0 Å². The predicted molar refractivity (Wildman–Crippen MR) is 102 cm³/mol. The maximum atomic E-state index is 10.5. The number of alkyl halides is 2. The first kappa shape index (κ1) is 18.8. The van der Waals surface area contributed by atoms with Gasteiger partial charge in [0.2, 0.25) is 0 Å². The van der Waals surface area contributed by atoms with E-state index >= 15 is 0 Å². The summed E-state index contributed by atoms with van der Waals surface area (Å²) in [6.07, 6.45) is 6.73. The molecule has 138 valence electrons. The Morgan fingerprint density at radius 3 is 2.19 bits per heavy atom. The van der Waals surface area contributed by atoms with E-state index in [1.54, 1.807) is 18.5 Å². The van der Waals surface area contributed by atoms with E-state index in [1.807, 2.05) is 36.4 Å². The van der Waals surface area contributed by atoms with E-state index in [1.165, 1.54) is 25.7 Å². The molecular weight excluding hydrogens is 441 g/mol. The maximum absolute atomic E-state index is 10.5. The van der Waals surface area contributed by atoms with Crippen molar-refractivity contribution in [3.63, 3.8) is 0 Å². The number of nitrogens with one attached hydrogen (secondary N) is 1. The Morgan fingerprint density at radius 1 is 1.00 bits per heavy atom. The van der Waals surface area contributed by atoms with Crippen molar-refractivity contribution >= 4 is 12.0 Å². The van der Waals surface area contributed by atoms with E-state index < -0.39 is 0 Å². The number of hydroxylamine groups is 1. The molecule has 0 heterocycles. The van der Waals surface area contributed by atoms with Crippen LogP contribution in [0.1, 0.15) is 25.7 Å². The number of nitroso groups, excluding NO2 is 1. The van der Waals surface area contributed by atoms with E-state index in [0.717, 1.165) is 20.8 Å². The summed E-state index contributed by atoms with van der Waals surface area (Å²) in [7, 11) is 0. The van der Waals surface area contributed by atoms with E-state index in [2.05, 4.69) is 20.6 Å². The van der Waals surface area contributed by atoms with Crippen LogP contribution in [0.25, 0.3) is 11.1 Å². The first-order chi connectivity index (χ1) is 12.8. The summed E-state index contributed by atoms with van der Waals surface area (Å²) in [5.41, 5.74) is 5.33. The van der Waals surface area contributed by atoms with Gasteiger partial charge in [-0.1, -0.05) is 12.1 Å². The van der Waals surface area contributed by atoms with Crippen LogP contribution in [0.3, 0.4) is 0 Å². The molecule has 3 rings (SSSR count). The summed E-state index contributed by atoms with van der Waals surface area (Å²) < 4.78 is 0.994. The first-order valence-corrected chi connectivity index (χ1v) is 12.1. The van der Waals surface area contributed by atoms with Crippen molar-refractivity contribution < 1.29 is 26.0 Å². The number of nitrogens with zero attached hydrogens (tertiary/aromatic N) is 2. The van der Waals surface area contributed by atoms with Gasteiger partial charge in [0.1, 0.15) is 5.69 Å². The SMILES string of the molecule is C[I-]C1CCC(N=CNOc2ccc(-c3ccc(N=O)cc3)cc2)CC1. The van der Waals surface area contributed by atoms with E-state index in [-0.39, 0.29) is 0 Å². The zero-order chi connectivity index (χ0) is 18.2. The fourth-order valence-electron chi connectivity index (χ4n) is 3.06. The summed E-state index contributed by atoms with van der Waals surface area (Å²) in [5, 5.41) is 2.91. The molecule has 5 nitrogen and oxygen atoms in total. The van der Waals surface area contributed by atoms with Gasteiger partial charge in [-0.2, -0.15) is 0 Å². The van der Waals surface area contributed by atoms with Gasteiger partial charge < -0.3 is 0 Å². The number of rotatable bonds is 7. The summed E-state index contributed by atoms with van der Waals surface area (Å²) >= 11 is 0.386. The minimum absolute atomic E-state index is 0.386. The fraction of sp³-hybridized carbons (Fsp3) is 0.350. The van der Waals surface area contributed by atoms with Gasteiger partial charge in [-0.05, 0) is 22.9 Å². The van der Waals surface area contributed by atoms with Crippen molar-refractivity contribution in [1.82, 2.24) is 5.48 Å². The monoisotopic (exact) mass is 464 g/mol. The molecule has 2 aromatic carbocycles. The summed E-state index contributed by atoms with van der Waals surface area (Å²) in [6.45, 7) is 0. The molecule has 0 radical (unpaired) electrons. The molecule has 1 aliphatic rings. The van der Waals surface area contributed by atoms with Crippen LogP contribution in [0.2, 0.25) is 0 Å². The molecular formula is C20H23IN3O2-. The second kappa shape index (κ2) is 9.66. The number of benzene rings is 2. The zero-order valence-corrected chi connectivity index (χ0v) is 16.9. The van der Waals surface area contributed by atoms with Gasteiger partial charge in [0.25, 0.3) is 0 Å². The number of hydrogen-bond donors (Lipinski definition) is 1. The minimum atomic E-state index is 0.386. The van der Waals surface area contributed by atoms with Crippen molar-refractivity contribution in [2.45, 2.75) is 35.6 Å². The Kier molecular flexibility index (Phi) is 6.99. The molecule has 0 aromatic heterocycles. The molecule has 26 heavy (non-hydrogen) atoms. The van der Waals surface area contributed by atoms with E-state index in [9.17, 15) is 4.91 Å². The Labute approximate surface area is 164 Å². The van der Waals surface area contributed by atoms with Crippen LogP contribution in [0.4, 0.5) is 5.69 Å². The average Bonchev–Trinajstić information content (AvgIpc) is 2.72. The molecule has 0 bridgehead atoms. The van der Waals surface area contributed by atoms with Crippen LogP contribution in [-0.2, 0) is 0 Å². The molecule has 1 fully saturated rings. The molecule has 1 aliphatic carbocycles. The van der Waals surface area contributed by atoms with Crippen LogP contribution >= 0.6 is 0 Å². The number of hydrogen-bond acceptors (Lipinski definition) is 4. The molecule has 0 atom stereocenters. The second-order valence-corrected chi connectivity index (χ2v) is 9.29. The summed E-state index contributed by atoms with van der Waals surface area (Å²) in [5.74, 6) is 0.728. The van der Waals surface area contributed by atoms with Crippen molar-refractivity contribution in [1.29, 1.82) is 0 Å². The van der Waals surface area contributed by atoms with Crippen LogP contribution < -0.4 is 31.5 Å². The predicted octanol–water partition coefficient (Wildman–Crippen LogP) is 1.69. The van der Waals surface area contributed by atoms with E-state index in [0.29, 0.717) is 32.9 Å². The quantitative estimate of drug-likeness (QED) is 0.170. The normalized spacial score (nSPS) is 20.2. The van der Waals surface area contributed by atoms with Gasteiger partial charge in [-0.15, -0.1) is 4.91 Å². The molecule has 1 saturated carbocycles. The Balaban J connectivity index is 1.47. The fourth-order valence-corrected chi connectivity index (χ4v) is 5.03. The first-order valence-electron chi connectivity index (χ1n) is 8.74. The van der Waals surface area contributed by atoms with Crippen molar-refractivity contribution in [3.8, 4) is 16.9 Å². The van der Waals surface area contributed by atoms with Crippen LogP contribution in [0, 0.1) is 4.91 Å². The van der Waals surface area contributed by atoms with Crippen LogP contribution in [0.15, 0.2) is 58.7 Å². The molecule has 0 spiro atoms. The van der Waals surface area contributed by atoms with Crippen molar-refractivity contribution in [3.05, 3.63) is 53.4 Å². The molecule has 1 N–H and O–H groups in total. The Morgan fingerprint density at radius 2 is 1.62 bits per heavy atom. The van der Waals surface area contributed by atoms with Crippen molar-refractivity contribution in [2.24, 2.45) is 10.2 Å². The van der Waals surface area contributed by atoms with Gasteiger partial charge in [0, 0.05) is 0 Å². The summed E-state index contributed by atoms with van der Waals surface area (Å²) in [4.78, 5) is 22.9. The standard InChI is InChI=1S/C20H23IN3O2/c1-21-17-6-10-18(11-7-17)22-14-23-26-20-12-4-16(5-13-20)15-2-8-19(24-25)9-3-15/h2-5,8-9,12-14,17-18H,6-7,10-11H2,1H3,(H,22,23)/q-1. The third-order valence-corrected chi connectivity index (χ3v) is 7.62. The zero-order valence-electron chi connectivity index (χ0n) is 14.8. The topological polar surface area (TPSA) is 63.1 Å². The number of aliphatic imine (C=N–C) groups is 1. The third kappa shape index (κ3) is 5.27. The molecule has 0 aliphatic heterocycles. The van der Waals surface area contributed by atoms with E-state index in [4.69, 9.17) is 4.84 Å². The average molecular weight is 464 g/mol. The summed E-state index contributed by atoms with van der Waals surface area (Å²) in [6, 6.07) is 15.4. The number of halogens is 1. The van der Waals surface area contributed by atoms with Gasteiger partial charge in [0.05, 0.1) is 0 Å². The molecule has 2 aromatic rings. The van der Waals surface area contributed by atoms with Crippen LogP contribution in [0.5, 0.6) is 5.75 Å². The van der Waals surface area contributed by atoms with Crippen molar-refractivity contribution in [2.75, 3.05) is 4.93 Å². The van der Waals surface area contributed by atoms with Gasteiger partial charge >= 0.3 is 119 Å². The molecule has 6 heteroatoms. The third-order valence-electron chi connectivity index (χ3n) is 4.61. The Bertz CT molecular complexity index is 724. The molecule has 0 amide bonds. The Hall–Kier alpha value is -1.96. The van der Waals surface area contributed by atoms with Gasteiger partial charge in [0.15, 0.2) is 0 Å². The second-order valence-electron chi connectivity index (χ2n) is 6.28. The molecule has 0 saturated heterocycles. The van der Waals surface area contributed by atoms with Gasteiger partial charge in [-0.3, -0.25) is 0 Å². The molecule has 0 unspecified atom stereocenters.